The Hall–Kier alpha value is -1.39. The van der Waals surface area contributed by atoms with Crippen molar-refractivity contribution >= 4 is 26.5 Å². The summed E-state index contributed by atoms with van der Waals surface area (Å²) in [6, 6.07) is 6.62. The van der Waals surface area contributed by atoms with Gasteiger partial charge in [0.1, 0.15) is 0 Å². The molecule has 1 atom stereocenters. The Bertz CT molecular complexity index is 649. The number of rotatable bonds is 3. The third-order valence-electron chi connectivity index (χ3n) is 3.30. The number of nitrogens with two attached hydrogens (primary N) is 1. The van der Waals surface area contributed by atoms with E-state index in [1.54, 1.807) is 11.3 Å². The van der Waals surface area contributed by atoms with E-state index < -0.39 is 0 Å². The minimum absolute atomic E-state index is 0.467. The molecule has 2 N–H and O–H groups in total. The molecule has 0 fully saturated rings. The van der Waals surface area contributed by atoms with Crippen LogP contribution in [0, 0.1) is 0 Å². The Kier molecular flexibility index (Phi) is 2.61. The van der Waals surface area contributed by atoms with E-state index >= 15 is 0 Å². The molecule has 88 valence electrons. The molecule has 3 aromatic rings. The van der Waals surface area contributed by atoms with Crippen LogP contribution in [-0.2, 0) is 0 Å². The lowest BCUT2D eigenvalue weighted by molar-refractivity contribution is 0.675. The molecule has 2 heterocycles. The summed E-state index contributed by atoms with van der Waals surface area (Å²) in [5.74, 6) is 0.467. The third-order valence-corrected chi connectivity index (χ3v) is 4.33. The SMILES string of the molecule is CCC(CN)c1ccc2c(c1)sc1nccn12. The molecule has 17 heavy (non-hydrogen) atoms. The second-order valence-corrected chi connectivity index (χ2v) is 5.26. The lowest BCUT2D eigenvalue weighted by Gasteiger charge is -2.12. The van der Waals surface area contributed by atoms with E-state index in [0.29, 0.717) is 12.5 Å². The van der Waals surface area contributed by atoms with Crippen LogP contribution in [0.4, 0.5) is 0 Å². The number of fused-ring (bicyclic) bond motifs is 3. The number of aromatic nitrogens is 2. The molecule has 2 aromatic heterocycles. The third kappa shape index (κ3) is 1.64. The number of nitrogens with zero attached hydrogens (tertiary/aromatic N) is 2. The normalized spacial score (nSPS) is 13.5. The summed E-state index contributed by atoms with van der Waals surface area (Å²) in [6.07, 6.45) is 4.94. The van der Waals surface area contributed by atoms with Gasteiger partial charge in [0.2, 0.25) is 0 Å². The van der Waals surface area contributed by atoms with Crippen LogP contribution in [0.5, 0.6) is 0 Å². The Morgan fingerprint density at radius 1 is 1.47 bits per heavy atom. The van der Waals surface area contributed by atoms with Gasteiger partial charge in [0, 0.05) is 12.4 Å². The molecule has 0 amide bonds. The van der Waals surface area contributed by atoms with Gasteiger partial charge in [-0.2, -0.15) is 0 Å². The minimum atomic E-state index is 0.467. The summed E-state index contributed by atoms with van der Waals surface area (Å²) >= 11 is 1.73. The Balaban J connectivity index is 2.18. The lowest BCUT2D eigenvalue weighted by Crippen LogP contribution is -2.11. The van der Waals surface area contributed by atoms with Crippen molar-refractivity contribution in [2.45, 2.75) is 19.3 Å². The highest BCUT2D eigenvalue weighted by Gasteiger charge is 2.10. The van der Waals surface area contributed by atoms with Gasteiger partial charge in [0.25, 0.3) is 0 Å². The molecule has 3 nitrogen and oxygen atoms in total. The first-order valence-electron chi connectivity index (χ1n) is 5.89. The van der Waals surface area contributed by atoms with Crippen molar-refractivity contribution in [2.24, 2.45) is 5.73 Å². The summed E-state index contributed by atoms with van der Waals surface area (Å²) in [6.45, 7) is 2.90. The standard InChI is InChI=1S/C13H15N3S/c1-2-9(8-14)10-3-4-11-12(7-10)17-13-15-5-6-16(11)13/h3-7,9H,2,8,14H2,1H3. The number of benzene rings is 1. The highest BCUT2D eigenvalue weighted by Crippen LogP contribution is 2.29. The zero-order chi connectivity index (χ0) is 11.8. The molecular formula is C13H15N3S. The van der Waals surface area contributed by atoms with Crippen molar-refractivity contribution in [3.05, 3.63) is 36.2 Å². The topological polar surface area (TPSA) is 43.3 Å². The quantitative estimate of drug-likeness (QED) is 0.771. The summed E-state index contributed by atoms with van der Waals surface area (Å²) < 4.78 is 3.42. The van der Waals surface area contributed by atoms with E-state index in [-0.39, 0.29) is 0 Å². The molecule has 0 aliphatic heterocycles. The average Bonchev–Trinajstić information content (AvgIpc) is 2.90. The summed E-state index contributed by atoms with van der Waals surface area (Å²) in [4.78, 5) is 5.38. The molecule has 0 bridgehead atoms. The fraction of sp³-hybridized carbons (Fsp3) is 0.308. The van der Waals surface area contributed by atoms with Crippen LogP contribution in [0.2, 0.25) is 0 Å². The van der Waals surface area contributed by atoms with Gasteiger partial charge in [0.15, 0.2) is 4.96 Å². The maximum absolute atomic E-state index is 5.80. The van der Waals surface area contributed by atoms with Crippen LogP contribution in [0.25, 0.3) is 15.2 Å². The van der Waals surface area contributed by atoms with E-state index in [1.165, 1.54) is 15.8 Å². The van der Waals surface area contributed by atoms with Crippen molar-refractivity contribution in [2.75, 3.05) is 6.54 Å². The highest BCUT2D eigenvalue weighted by molar-refractivity contribution is 7.23. The van der Waals surface area contributed by atoms with Crippen molar-refractivity contribution in [1.29, 1.82) is 0 Å². The van der Waals surface area contributed by atoms with Gasteiger partial charge in [-0.15, -0.1) is 0 Å². The van der Waals surface area contributed by atoms with Crippen LogP contribution in [0.15, 0.2) is 30.6 Å². The van der Waals surface area contributed by atoms with Gasteiger partial charge in [-0.1, -0.05) is 24.3 Å². The fourth-order valence-corrected chi connectivity index (χ4v) is 3.28. The summed E-state index contributed by atoms with van der Waals surface area (Å²) in [7, 11) is 0. The van der Waals surface area contributed by atoms with Gasteiger partial charge in [0.05, 0.1) is 10.2 Å². The first-order valence-corrected chi connectivity index (χ1v) is 6.70. The number of imidazole rings is 1. The zero-order valence-corrected chi connectivity index (χ0v) is 10.6. The van der Waals surface area contributed by atoms with Gasteiger partial charge >= 0.3 is 0 Å². The fourth-order valence-electron chi connectivity index (χ4n) is 2.25. The molecule has 0 radical (unpaired) electrons. The first kappa shape index (κ1) is 10.7. The summed E-state index contributed by atoms with van der Waals surface area (Å²) in [5, 5.41) is 0. The van der Waals surface area contributed by atoms with E-state index in [0.717, 1.165) is 11.4 Å². The molecular weight excluding hydrogens is 230 g/mol. The predicted octanol–water partition coefficient (Wildman–Crippen LogP) is 3.00. The Morgan fingerprint density at radius 3 is 3.12 bits per heavy atom. The molecule has 0 aliphatic rings. The highest BCUT2D eigenvalue weighted by atomic mass is 32.1. The molecule has 1 aromatic carbocycles. The number of thiazole rings is 1. The van der Waals surface area contributed by atoms with Crippen molar-refractivity contribution in [3.8, 4) is 0 Å². The number of hydrogen-bond donors (Lipinski definition) is 1. The van der Waals surface area contributed by atoms with Crippen LogP contribution in [0.3, 0.4) is 0 Å². The number of hydrogen-bond acceptors (Lipinski definition) is 3. The van der Waals surface area contributed by atoms with Gasteiger partial charge in [-0.3, -0.25) is 4.40 Å². The second-order valence-electron chi connectivity index (χ2n) is 4.25. The van der Waals surface area contributed by atoms with Gasteiger partial charge in [-0.05, 0) is 36.6 Å². The molecule has 0 saturated carbocycles. The lowest BCUT2D eigenvalue weighted by atomic mass is 9.97. The first-order chi connectivity index (χ1) is 8.33. The minimum Gasteiger partial charge on any atom is -0.330 e. The van der Waals surface area contributed by atoms with Crippen molar-refractivity contribution < 1.29 is 0 Å². The zero-order valence-electron chi connectivity index (χ0n) is 9.76. The molecule has 0 spiro atoms. The molecule has 4 heteroatoms. The van der Waals surface area contributed by atoms with Crippen molar-refractivity contribution in [3.63, 3.8) is 0 Å². The van der Waals surface area contributed by atoms with E-state index in [2.05, 4.69) is 34.5 Å². The van der Waals surface area contributed by atoms with E-state index in [4.69, 9.17) is 5.73 Å². The summed E-state index contributed by atoms with van der Waals surface area (Å²) in [5.41, 5.74) is 8.37. The molecule has 1 unspecified atom stereocenters. The van der Waals surface area contributed by atoms with E-state index in [1.807, 2.05) is 12.4 Å². The van der Waals surface area contributed by atoms with Crippen LogP contribution < -0.4 is 5.73 Å². The van der Waals surface area contributed by atoms with Crippen LogP contribution in [0.1, 0.15) is 24.8 Å². The monoisotopic (exact) mass is 245 g/mol. The second kappa shape index (κ2) is 4.13. The Labute approximate surface area is 104 Å². The maximum Gasteiger partial charge on any atom is 0.194 e. The molecule has 0 saturated heterocycles. The van der Waals surface area contributed by atoms with E-state index in [9.17, 15) is 0 Å². The predicted molar refractivity (Wildman–Crippen MR) is 72.7 cm³/mol. The Morgan fingerprint density at radius 2 is 2.35 bits per heavy atom. The van der Waals surface area contributed by atoms with Crippen LogP contribution >= 0.6 is 11.3 Å². The van der Waals surface area contributed by atoms with Gasteiger partial charge < -0.3 is 5.73 Å². The molecule has 0 aliphatic carbocycles. The van der Waals surface area contributed by atoms with Crippen molar-refractivity contribution in [1.82, 2.24) is 9.38 Å². The maximum atomic E-state index is 5.80. The largest absolute Gasteiger partial charge is 0.330 e. The molecule has 3 rings (SSSR count). The van der Waals surface area contributed by atoms with Crippen LogP contribution in [-0.4, -0.2) is 15.9 Å². The average molecular weight is 245 g/mol. The van der Waals surface area contributed by atoms with Gasteiger partial charge in [-0.25, -0.2) is 4.98 Å². The smallest absolute Gasteiger partial charge is 0.194 e.